The summed E-state index contributed by atoms with van der Waals surface area (Å²) in [6, 6.07) is 1.85. The number of hydrogen-bond acceptors (Lipinski definition) is 3. The summed E-state index contributed by atoms with van der Waals surface area (Å²) in [7, 11) is 0. The van der Waals surface area contributed by atoms with Crippen LogP contribution < -0.4 is 10.6 Å². The highest BCUT2D eigenvalue weighted by atomic mass is 16.1. The van der Waals surface area contributed by atoms with Gasteiger partial charge in [-0.3, -0.25) is 4.79 Å². The van der Waals surface area contributed by atoms with Crippen molar-refractivity contribution < 1.29 is 4.79 Å². The first-order valence-electron chi connectivity index (χ1n) is 4.34. The molecule has 0 aliphatic carbocycles. The number of amides is 1. The van der Waals surface area contributed by atoms with Crippen molar-refractivity contribution in [3.63, 3.8) is 0 Å². The van der Waals surface area contributed by atoms with E-state index < -0.39 is 0 Å². The Morgan fingerprint density at radius 1 is 1.46 bits per heavy atom. The Balaban J connectivity index is 3.44. The molecule has 0 aliphatic heterocycles. The molecule has 0 aromatic rings. The number of carbonyl (C=O) groups is 1. The van der Waals surface area contributed by atoms with E-state index in [9.17, 15) is 4.79 Å². The zero-order valence-corrected chi connectivity index (χ0v) is 8.48. The summed E-state index contributed by atoms with van der Waals surface area (Å²) in [5.41, 5.74) is 0.0372. The van der Waals surface area contributed by atoms with Gasteiger partial charge in [0.05, 0.1) is 6.07 Å². The molecule has 4 nitrogen and oxygen atoms in total. The van der Waals surface area contributed by atoms with E-state index in [1.165, 1.54) is 0 Å². The van der Waals surface area contributed by atoms with Gasteiger partial charge in [-0.05, 0) is 20.8 Å². The highest BCUT2D eigenvalue weighted by molar-refractivity contribution is 5.76. The minimum absolute atomic E-state index is 0.0372. The molecule has 0 heterocycles. The van der Waals surface area contributed by atoms with Crippen molar-refractivity contribution in [2.75, 3.05) is 13.1 Å². The molecule has 0 spiro atoms. The SMILES string of the molecule is CC(C)(C)NCCC(=O)NCC#N. The standard InChI is InChI=1S/C9H17N3O/c1-9(2,3)12-6-4-8(13)11-7-5-10/h12H,4,6-7H2,1-3H3,(H,11,13). The van der Waals surface area contributed by atoms with Crippen molar-refractivity contribution in [2.45, 2.75) is 32.7 Å². The van der Waals surface area contributed by atoms with Crippen LogP contribution in [0.15, 0.2) is 0 Å². The normalized spacial score (nSPS) is 10.6. The summed E-state index contributed by atoms with van der Waals surface area (Å²) in [6.45, 7) is 6.86. The van der Waals surface area contributed by atoms with Crippen molar-refractivity contribution in [2.24, 2.45) is 0 Å². The summed E-state index contributed by atoms with van der Waals surface area (Å²) in [6.07, 6.45) is 0.416. The van der Waals surface area contributed by atoms with Gasteiger partial charge in [0.2, 0.25) is 5.91 Å². The predicted octanol–water partition coefficient (Wildman–Crippen LogP) is 0.404. The molecule has 0 aliphatic rings. The molecule has 0 saturated heterocycles. The number of nitriles is 1. The molecule has 0 radical (unpaired) electrons. The number of nitrogens with zero attached hydrogens (tertiary/aromatic N) is 1. The zero-order chi connectivity index (χ0) is 10.3. The van der Waals surface area contributed by atoms with Crippen molar-refractivity contribution >= 4 is 5.91 Å². The molecule has 0 aromatic heterocycles. The van der Waals surface area contributed by atoms with E-state index in [1.807, 2.05) is 26.8 Å². The van der Waals surface area contributed by atoms with Gasteiger partial charge in [-0.1, -0.05) is 0 Å². The van der Waals surface area contributed by atoms with Crippen LogP contribution in [0.3, 0.4) is 0 Å². The lowest BCUT2D eigenvalue weighted by Gasteiger charge is -2.19. The van der Waals surface area contributed by atoms with Gasteiger partial charge >= 0.3 is 0 Å². The van der Waals surface area contributed by atoms with Gasteiger partial charge in [-0.2, -0.15) is 5.26 Å². The van der Waals surface area contributed by atoms with Crippen LogP contribution >= 0.6 is 0 Å². The topological polar surface area (TPSA) is 64.9 Å². The van der Waals surface area contributed by atoms with Gasteiger partial charge in [-0.25, -0.2) is 0 Å². The van der Waals surface area contributed by atoms with E-state index in [2.05, 4.69) is 10.6 Å². The molecular weight excluding hydrogens is 166 g/mol. The van der Waals surface area contributed by atoms with Crippen LogP contribution in [0.1, 0.15) is 27.2 Å². The van der Waals surface area contributed by atoms with Gasteiger partial charge in [0.25, 0.3) is 0 Å². The Kier molecular flexibility index (Phi) is 5.09. The van der Waals surface area contributed by atoms with Crippen LogP contribution in [0.4, 0.5) is 0 Å². The monoisotopic (exact) mass is 183 g/mol. The fraction of sp³-hybridized carbons (Fsp3) is 0.778. The molecule has 4 heteroatoms. The first kappa shape index (κ1) is 11.9. The highest BCUT2D eigenvalue weighted by Gasteiger charge is 2.08. The molecule has 13 heavy (non-hydrogen) atoms. The van der Waals surface area contributed by atoms with Gasteiger partial charge in [0.1, 0.15) is 6.54 Å². The maximum absolute atomic E-state index is 11.0. The van der Waals surface area contributed by atoms with E-state index in [1.54, 1.807) is 0 Å². The maximum atomic E-state index is 11.0. The van der Waals surface area contributed by atoms with Crippen molar-refractivity contribution in [1.82, 2.24) is 10.6 Å². The number of carbonyl (C=O) groups excluding carboxylic acids is 1. The van der Waals surface area contributed by atoms with Crippen molar-refractivity contribution in [3.8, 4) is 6.07 Å². The molecule has 74 valence electrons. The van der Waals surface area contributed by atoms with Crippen LogP contribution in [0.2, 0.25) is 0 Å². The smallest absolute Gasteiger partial charge is 0.222 e. The summed E-state index contributed by atoms with van der Waals surface area (Å²) >= 11 is 0. The second-order valence-electron chi connectivity index (χ2n) is 3.86. The van der Waals surface area contributed by atoms with Crippen LogP contribution in [-0.4, -0.2) is 24.5 Å². The van der Waals surface area contributed by atoms with Crippen LogP contribution in [0, 0.1) is 11.3 Å². The average Bonchev–Trinajstić information content (AvgIpc) is 1.98. The molecule has 0 atom stereocenters. The highest BCUT2D eigenvalue weighted by Crippen LogP contribution is 1.97. The zero-order valence-electron chi connectivity index (χ0n) is 8.48. The third-order valence-electron chi connectivity index (χ3n) is 1.37. The summed E-state index contributed by atoms with van der Waals surface area (Å²) in [5, 5.41) is 13.9. The Hall–Kier alpha value is -1.08. The van der Waals surface area contributed by atoms with E-state index in [-0.39, 0.29) is 18.0 Å². The molecule has 2 N–H and O–H groups in total. The van der Waals surface area contributed by atoms with E-state index in [0.717, 1.165) is 0 Å². The number of rotatable bonds is 4. The van der Waals surface area contributed by atoms with Gasteiger partial charge < -0.3 is 10.6 Å². The summed E-state index contributed by atoms with van der Waals surface area (Å²) in [4.78, 5) is 11.0. The van der Waals surface area contributed by atoms with Crippen molar-refractivity contribution in [1.29, 1.82) is 5.26 Å². The summed E-state index contributed by atoms with van der Waals surface area (Å²) < 4.78 is 0. The third-order valence-corrected chi connectivity index (χ3v) is 1.37. The van der Waals surface area contributed by atoms with Gasteiger partial charge in [0, 0.05) is 18.5 Å². The quantitative estimate of drug-likeness (QED) is 0.620. The minimum atomic E-state index is -0.0849. The fourth-order valence-electron chi connectivity index (χ4n) is 0.778. The van der Waals surface area contributed by atoms with E-state index in [4.69, 9.17) is 5.26 Å². The molecule has 0 bridgehead atoms. The maximum Gasteiger partial charge on any atom is 0.222 e. The molecule has 1 amide bonds. The van der Waals surface area contributed by atoms with Crippen LogP contribution in [0.25, 0.3) is 0 Å². The Morgan fingerprint density at radius 2 is 2.08 bits per heavy atom. The molecule has 0 aromatic carbocycles. The lowest BCUT2D eigenvalue weighted by atomic mass is 10.1. The first-order valence-corrected chi connectivity index (χ1v) is 4.34. The van der Waals surface area contributed by atoms with E-state index in [0.29, 0.717) is 13.0 Å². The van der Waals surface area contributed by atoms with E-state index >= 15 is 0 Å². The Labute approximate surface area is 79.3 Å². The minimum Gasteiger partial charge on any atom is -0.343 e. The largest absolute Gasteiger partial charge is 0.343 e. The molecular formula is C9H17N3O. The summed E-state index contributed by atoms with van der Waals surface area (Å²) in [5.74, 6) is -0.0849. The predicted molar refractivity (Wildman–Crippen MR) is 51.0 cm³/mol. The fourth-order valence-corrected chi connectivity index (χ4v) is 0.778. The van der Waals surface area contributed by atoms with Gasteiger partial charge in [0.15, 0.2) is 0 Å². The third kappa shape index (κ3) is 8.83. The molecule has 0 unspecified atom stereocenters. The second-order valence-corrected chi connectivity index (χ2v) is 3.86. The van der Waals surface area contributed by atoms with Crippen molar-refractivity contribution in [3.05, 3.63) is 0 Å². The second kappa shape index (κ2) is 5.55. The molecule has 0 fully saturated rings. The molecule has 0 rings (SSSR count). The van der Waals surface area contributed by atoms with Crippen LogP contribution in [-0.2, 0) is 4.79 Å². The Bertz CT molecular complexity index is 200. The molecule has 0 saturated carbocycles. The number of hydrogen-bond donors (Lipinski definition) is 2. The van der Waals surface area contributed by atoms with Crippen LogP contribution in [0.5, 0.6) is 0 Å². The van der Waals surface area contributed by atoms with Gasteiger partial charge in [-0.15, -0.1) is 0 Å². The number of nitrogens with one attached hydrogen (secondary N) is 2. The lowest BCUT2D eigenvalue weighted by Crippen LogP contribution is -2.38. The lowest BCUT2D eigenvalue weighted by molar-refractivity contribution is -0.120. The first-order chi connectivity index (χ1) is 5.95. The Morgan fingerprint density at radius 3 is 2.54 bits per heavy atom. The average molecular weight is 183 g/mol.